The van der Waals surface area contributed by atoms with Gasteiger partial charge in [-0.25, -0.2) is 9.07 Å². The lowest BCUT2D eigenvalue weighted by atomic mass is 10.1. The molecule has 0 radical (unpaired) electrons. The van der Waals surface area contributed by atoms with Crippen LogP contribution in [0.2, 0.25) is 5.02 Å². The third kappa shape index (κ3) is 3.76. The second kappa shape index (κ2) is 6.62. The third-order valence-electron chi connectivity index (χ3n) is 3.26. The molecule has 0 unspecified atom stereocenters. The minimum Gasteiger partial charge on any atom is -0.309 e. The van der Waals surface area contributed by atoms with Crippen molar-refractivity contribution in [3.63, 3.8) is 0 Å². The minimum absolute atomic E-state index is 0.0412. The SMILES string of the molecule is O=C(Cc1ccccc1F)Nc1ccn(-c2ccc(Cl)cc2)n1. The van der Waals surface area contributed by atoms with Gasteiger partial charge >= 0.3 is 0 Å². The maximum atomic E-state index is 13.5. The maximum Gasteiger partial charge on any atom is 0.230 e. The number of carbonyl (C=O) groups is 1. The van der Waals surface area contributed by atoms with Gasteiger partial charge < -0.3 is 5.32 Å². The highest BCUT2D eigenvalue weighted by atomic mass is 35.5. The van der Waals surface area contributed by atoms with Crippen LogP contribution in [0.1, 0.15) is 5.56 Å². The molecular formula is C17H13ClFN3O. The fourth-order valence-corrected chi connectivity index (χ4v) is 2.26. The van der Waals surface area contributed by atoms with E-state index < -0.39 is 5.82 Å². The van der Waals surface area contributed by atoms with Gasteiger partial charge in [0, 0.05) is 17.3 Å². The highest BCUT2D eigenvalue weighted by Gasteiger charge is 2.09. The molecule has 0 aliphatic carbocycles. The summed E-state index contributed by atoms with van der Waals surface area (Å²) in [5, 5.41) is 7.56. The first-order valence-corrected chi connectivity index (χ1v) is 7.34. The number of hydrogen-bond acceptors (Lipinski definition) is 2. The number of carbonyl (C=O) groups excluding carboxylic acids is 1. The largest absolute Gasteiger partial charge is 0.309 e. The van der Waals surface area contributed by atoms with Gasteiger partial charge in [0.15, 0.2) is 5.82 Å². The molecular weight excluding hydrogens is 317 g/mol. The quantitative estimate of drug-likeness (QED) is 0.790. The molecule has 6 heteroatoms. The predicted molar refractivity (Wildman–Crippen MR) is 87.3 cm³/mol. The van der Waals surface area contributed by atoms with E-state index in [1.165, 1.54) is 6.07 Å². The average molecular weight is 330 g/mol. The normalized spacial score (nSPS) is 10.5. The van der Waals surface area contributed by atoms with E-state index >= 15 is 0 Å². The monoisotopic (exact) mass is 329 g/mol. The number of aromatic nitrogens is 2. The summed E-state index contributed by atoms with van der Waals surface area (Å²) in [4.78, 5) is 12.0. The Balaban J connectivity index is 1.68. The zero-order valence-electron chi connectivity index (χ0n) is 12.0. The Morgan fingerprint density at radius 3 is 2.61 bits per heavy atom. The first-order chi connectivity index (χ1) is 11.1. The number of anilines is 1. The maximum absolute atomic E-state index is 13.5. The summed E-state index contributed by atoms with van der Waals surface area (Å²) in [5.41, 5.74) is 1.17. The second-order valence-electron chi connectivity index (χ2n) is 4.94. The lowest BCUT2D eigenvalue weighted by Gasteiger charge is -2.04. The van der Waals surface area contributed by atoms with Crippen LogP contribution in [0.25, 0.3) is 5.69 Å². The summed E-state index contributed by atoms with van der Waals surface area (Å²) in [6, 6.07) is 15.0. The summed E-state index contributed by atoms with van der Waals surface area (Å²) >= 11 is 5.85. The Labute approximate surface area is 137 Å². The van der Waals surface area contributed by atoms with Crippen molar-refractivity contribution < 1.29 is 9.18 Å². The number of hydrogen-bond donors (Lipinski definition) is 1. The zero-order chi connectivity index (χ0) is 16.2. The van der Waals surface area contributed by atoms with Crippen LogP contribution in [0.5, 0.6) is 0 Å². The molecule has 2 aromatic carbocycles. The average Bonchev–Trinajstić information content (AvgIpc) is 2.98. The van der Waals surface area contributed by atoms with Crippen LogP contribution in [-0.4, -0.2) is 15.7 Å². The van der Waals surface area contributed by atoms with Gasteiger partial charge in [0.1, 0.15) is 5.82 Å². The molecule has 0 spiro atoms. The molecule has 23 heavy (non-hydrogen) atoms. The highest BCUT2D eigenvalue weighted by molar-refractivity contribution is 6.30. The molecule has 3 rings (SSSR count). The van der Waals surface area contributed by atoms with E-state index in [1.54, 1.807) is 47.3 Å². The number of nitrogens with one attached hydrogen (secondary N) is 1. The molecule has 1 N–H and O–H groups in total. The van der Waals surface area contributed by atoms with Crippen molar-refractivity contribution in [3.8, 4) is 5.69 Å². The van der Waals surface area contributed by atoms with Crippen molar-refractivity contribution in [2.45, 2.75) is 6.42 Å². The van der Waals surface area contributed by atoms with E-state index in [0.29, 0.717) is 16.4 Å². The van der Waals surface area contributed by atoms with Gasteiger partial charge in [0.25, 0.3) is 0 Å². The lowest BCUT2D eigenvalue weighted by Crippen LogP contribution is -2.15. The van der Waals surface area contributed by atoms with Gasteiger partial charge in [-0.1, -0.05) is 29.8 Å². The van der Waals surface area contributed by atoms with E-state index in [4.69, 9.17) is 11.6 Å². The molecule has 0 saturated heterocycles. The first kappa shape index (κ1) is 15.2. The molecule has 0 fully saturated rings. The Bertz CT molecular complexity index is 830. The van der Waals surface area contributed by atoms with Gasteiger partial charge in [0.05, 0.1) is 12.1 Å². The first-order valence-electron chi connectivity index (χ1n) is 6.97. The van der Waals surface area contributed by atoms with Crippen LogP contribution >= 0.6 is 11.6 Å². The highest BCUT2D eigenvalue weighted by Crippen LogP contribution is 2.15. The zero-order valence-corrected chi connectivity index (χ0v) is 12.8. The van der Waals surface area contributed by atoms with Crippen LogP contribution in [-0.2, 0) is 11.2 Å². The molecule has 4 nitrogen and oxygen atoms in total. The molecule has 116 valence electrons. The van der Waals surface area contributed by atoms with Gasteiger partial charge in [-0.2, -0.15) is 5.10 Å². The Hall–Kier alpha value is -2.66. The van der Waals surface area contributed by atoms with Crippen molar-refractivity contribution >= 4 is 23.3 Å². The second-order valence-corrected chi connectivity index (χ2v) is 5.37. The summed E-state index contributed by atoms with van der Waals surface area (Å²) in [6.45, 7) is 0. The summed E-state index contributed by atoms with van der Waals surface area (Å²) < 4.78 is 15.2. The summed E-state index contributed by atoms with van der Waals surface area (Å²) in [7, 11) is 0. The minimum atomic E-state index is -0.394. The van der Waals surface area contributed by atoms with E-state index in [2.05, 4.69) is 10.4 Å². The molecule has 1 aromatic heterocycles. The standard InChI is InChI=1S/C17H13ClFN3O/c18-13-5-7-14(8-6-13)22-10-9-16(21-22)20-17(23)11-12-3-1-2-4-15(12)19/h1-10H,11H2,(H,20,21,23). The molecule has 0 aliphatic heterocycles. The third-order valence-corrected chi connectivity index (χ3v) is 3.51. The number of nitrogens with zero attached hydrogens (tertiary/aromatic N) is 2. The fraction of sp³-hybridized carbons (Fsp3) is 0.0588. The molecule has 0 aliphatic rings. The molecule has 0 bridgehead atoms. The Morgan fingerprint density at radius 2 is 1.87 bits per heavy atom. The van der Waals surface area contributed by atoms with Crippen LogP contribution < -0.4 is 5.32 Å². The Kier molecular flexibility index (Phi) is 4.39. The van der Waals surface area contributed by atoms with Crippen molar-refractivity contribution in [2.24, 2.45) is 0 Å². The van der Waals surface area contributed by atoms with E-state index in [9.17, 15) is 9.18 Å². The van der Waals surface area contributed by atoms with Crippen LogP contribution in [0, 0.1) is 5.82 Å². The van der Waals surface area contributed by atoms with Gasteiger partial charge in [-0.05, 0) is 35.9 Å². The molecule has 0 atom stereocenters. The Morgan fingerprint density at radius 1 is 1.13 bits per heavy atom. The van der Waals surface area contributed by atoms with Crippen molar-refractivity contribution in [3.05, 3.63) is 77.2 Å². The lowest BCUT2D eigenvalue weighted by molar-refractivity contribution is -0.115. The van der Waals surface area contributed by atoms with Gasteiger partial charge in [0.2, 0.25) is 5.91 Å². The van der Waals surface area contributed by atoms with Crippen LogP contribution in [0.4, 0.5) is 10.2 Å². The number of rotatable bonds is 4. The fourth-order valence-electron chi connectivity index (χ4n) is 2.13. The van der Waals surface area contributed by atoms with E-state index in [1.807, 2.05) is 12.1 Å². The van der Waals surface area contributed by atoms with E-state index in [0.717, 1.165) is 5.69 Å². The predicted octanol–water partition coefficient (Wildman–Crippen LogP) is 3.85. The van der Waals surface area contributed by atoms with Crippen molar-refractivity contribution in [2.75, 3.05) is 5.32 Å². The van der Waals surface area contributed by atoms with Crippen molar-refractivity contribution in [1.29, 1.82) is 0 Å². The smallest absolute Gasteiger partial charge is 0.230 e. The number of halogens is 2. The number of benzene rings is 2. The van der Waals surface area contributed by atoms with Gasteiger partial charge in [-0.15, -0.1) is 0 Å². The van der Waals surface area contributed by atoms with Crippen molar-refractivity contribution in [1.82, 2.24) is 9.78 Å². The van der Waals surface area contributed by atoms with Crippen LogP contribution in [0.3, 0.4) is 0 Å². The summed E-state index contributed by atoms with van der Waals surface area (Å²) in [6.07, 6.45) is 1.68. The van der Waals surface area contributed by atoms with Gasteiger partial charge in [-0.3, -0.25) is 4.79 Å². The molecule has 1 heterocycles. The number of amides is 1. The topological polar surface area (TPSA) is 46.9 Å². The van der Waals surface area contributed by atoms with E-state index in [-0.39, 0.29) is 12.3 Å². The van der Waals surface area contributed by atoms with Crippen LogP contribution in [0.15, 0.2) is 60.8 Å². The molecule has 1 amide bonds. The molecule has 3 aromatic rings. The molecule has 0 saturated carbocycles. The summed E-state index contributed by atoms with van der Waals surface area (Å²) in [5.74, 6) is -0.313.